The Morgan fingerprint density at radius 1 is 1.25 bits per heavy atom. The first-order valence-electron chi connectivity index (χ1n) is 7.92. The lowest BCUT2D eigenvalue weighted by molar-refractivity contribution is 0.172. The van der Waals surface area contributed by atoms with Crippen LogP contribution in [0.15, 0.2) is 30.3 Å². The summed E-state index contributed by atoms with van der Waals surface area (Å²) in [5, 5.41) is 13.6. The normalized spacial score (nSPS) is 23.6. The number of hydrogen-bond donors (Lipinski definition) is 2. The number of aliphatic hydroxyl groups excluding tert-OH is 1. The Kier molecular flexibility index (Phi) is 6.02. The van der Waals surface area contributed by atoms with Crippen LogP contribution in [0.3, 0.4) is 0 Å². The van der Waals surface area contributed by atoms with E-state index < -0.39 is 0 Å². The molecule has 2 N–H and O–H groups in total. The molecule has 1 aromatic rings. The molecule has 0 radical (unpaired) electrons. The van der Waals surface area contributed by atoms with E-state index in [1.165, 1.54) is 18.4 Å². The lowest BCUT2D eigenvalue weighted by Crippen LogP contribution is -2.41. The predicted octanol–water partition coefficient (Wildman–Crippen LogP) is 2.40. The van der Waals surface area contributed by atoms with Gasteiger partial charge in [0.1, 0.15) is 0 Å². The van der Waals surface area contributed by atoms with Gasteiger partial charge in [-0.2, -0.15) is 0 Å². The van der Waals surface area contributed by atoms with Gasteiger partial charge in [0, 0.05) is 31.7 Å². The summed E-state index contributed by atoms with van der Waals surface area (Å²) in [6.45, 7) is 7.17. The monoisotopic (exact) mass is 276 g/mol. The first kappa shape index (κ1) is 15.5. The van der Waals surface area contributed by atoms with Gasteiger partial charge < -0.3 is 10.4 Å². The van der Waals surface area contributed by atoms with Crippen molar-refractivity contribution >= 4 is 0 Å². The fourth-order valence-corrected chi connectivity index (χ4v) is 3.06. The molecule has 0 bridgehead atoms. The van der Waals surface area contributed by atoms with Crippen molar-refractivity contribution in [2.24, 2.45) is 0 Å². The summed E-state index contributed by atoms with van der Waals surface area (Å²) >= 11 is 0. The number of likely N-dealkylation sites (tertiary alicyclic amines) is 1. The Labute approximate surface area is 123 Å². The van der Waals surface area contributed by atoms with Gasteiger partial charge in [-0.15, -0.1) is 0 Å². The molecule has 1 saturated heterocycles. The van der Waals surface area contributed by atoms with E-state index in [1.807, 2.05) is 0 Å². The zero-order valence-electron chi connectivity index (χ0n) is 12.8. The lowest BCUT2D eigenvalue weighted by Gasteiger charge is -2.26. The van der Waals surface area contributed by atoms with Gasteiger partial charge in [-0.05, 0) is 24.8 Å². The summed E-state index contributed by atoms with van der Waals surface area (Å²) in [5.41, 5.74) is 1.33. The molecule has 20 heavy (non-hydrogen) atoms. The highest BCUT2D eigenvalue weighted by Gasteiger charge is 2.30. The summed E-state index contributed by atoms with van der Waals surface area (Å²) in [5.74, 6) is 0. The van der Waals surface area contributed by atoms with E-state index >= 15 is 0 Å². The van der Waals surface area contributed by atoms with Crippen LogP contribution in [0, 0.1) is 0 Å². The first-order valence-corrected chi connectivity index (χ1v) is 7.92. The van der Waals surface area contributed by atoms with Crippen LogP contribution >= 0.6 is 0 Å². The third-order valence-corrected chi connectivity index (χ3v) is 4.36. The number of aliphatic hydroxyl groups is 1. The average Bonchev–Trinajstić information content (AvgIpc) is 2.81. The maximum absolute atomic E-state index is 9.96. The van der Waals surface area contributed by atoms with Gasteiger partial charge in [0.15, 0.2) is 0 Å². The lowest BCUT2D eigenvalue weighted by atomic mass is 10.1. The summed E-state index contributed by atoms with van der Waals surface area (Å²) < 4.78 is 0. The molecule has 1 heterocycles. The van der Waals surface area contributed by atoms with E-state index in [9.17, 15) is 5.11 Å². The number of β-amino-alcohol motifs (C(OH)–C–C–N with tert-alkyl or cyclic N) is 1. The van der Waals surface area contributed by atoms with Crippen molar-refractivity contribution in [2.45, 2.75) is 57.8 Å². The summed E-state index contributed by atoms with van der Waals surface area (Å²) in [6, 6.07) is 11.6. The molecule has 1 aromatic carbocycles. The van der Waals surface area contributed by atoms with E-state index in [2.05, 4.69) is 54.4 Å². The first-order chi connectivity index (χ1) is 9.72. The Hall–Kier alpha value is -0.900. The second-order valence-electron chi connectivity index (χ2n) is 5.88. The van der Waals surface area contributed by atoms with Crippen molar-refractivity contribution in [1.82, 2.24) is 10.2 Å². The smallest absolute Gasteiger partial charge is 0.0682 e. The number of rotatable bonds is 7. The Balaban J connectivity index is 1.89. The van der Waals surface area contributed by atoms with E-state index in [-0.39, 0.29) is 6.10 Å². The summed E-state index contributed by atoms with van der Waals surface area (Å²) in [4.78, 5) is 2.41. The SMILES string of the molecule is CCC(CC)NCC1CC(O)CN1Cc1ccccc1. The number of nitrogens with one attached hydrogen (secondary N) is 1. The van der Waals surface area contributed by atoms with Gasteiger partial charge in [0.2, 0.25) is 0 Å². The number of hydrogen-bond acceptors (Lipinski definition) is 3. The highest BCUT2D eigenvalue weighted by atomic mass is 16.3. The van der Waals surface area contributed by atoms with E-state index in [1.54, 1.807) is 0 Å². The molecule has 3 heteroatoms. The minimum atomic E-state index is -0.174. The molecule has 3 nitrogen and oxygen atoms in total. The molecule has 2 atom stereocenters. The fraction of sp³-hybridized carbons (Fsp3) is 0.647. The zero-order valence-corrected chi connectivity index (χ0v) is 12.8. The molecule has 2 unspecified atom stereocenters. The topological polar surface area (TPSA) is 35.5 Å². The molecular weight excluding hydrogens is 248 g/mol. The third-order valence-electron chi connectivity index (χ3n) is 4.36. The van der Waals surface area contributed by atoms with Crippen LogP contribution in [0.1, 0.15) is 38.7 Å². The van der Waals surface area contributed by atoms with Gasteiger partial charge in [-0.3, -0.25) is 4.90 Å². The maximum Gasteiger partial charge on any atom is 0.0682 e. The molecule has 1 aliphatic heterocycles. The Morgan fingerprint density at radius 3 is 2.60 bits per heavy atom. The summed E-state index contributed by atoms with van der Waals surface area (Å²) in [7, 11) is 0. The van der Waals surface area contributed by atoms with Crippen molar-refractivity contribution in [3.8, 4) is 0 Å². The standard InChI is InChI=1S/C17H28N2O/c1-3-15(4-2)18-11-16-10-17(20)13-19(16)12-14-8-6-5-7-9-14/h5-9,15-18,20H,3-4,10-13H2,1-2H3. The van der Waals surface area contributed by atoms with Crippen molar-refractivity contribution in [1.29, 1.82) is 0 Å². The minimum Gasteiger partial charge on any atom is -0.392 e. The second kappa shape index (κ2) is 7.77. The van der Waals surface area contributed by atoms with Crippen molar-refractivity contribution in [3.05, 3.63) is 35.9 Å². The fourth-order valence-electron chi connectivity index (χ4n) is 3.06. The van der Waals surface area contributed by atoms with E-state index in [4.69, 9.17) is 0 Å². The molecule has 0 amide bonds. The maximum atomic E-state index is 9.96. The minimum absolute atomic E-state index is 0.174. The quantitative estimate of drug-likeness (QED) is 0.803. The molecule has 1 aliphatic rings. The van der Waals surface area contributed by atoms with Crippen molar-refractivity contribution in [3.63, 3.8) is 0 Å². The van der Waals surface area contributed by atoms with Gasteiger partial charge in [0.05, 0.1) is 6.10 Å². The number of nitrogens with zero attached hydrogens (tertiary/aromatic N) is 1. The van der Waals surface area contributed by atoms with Gasteiger partial charge >= 0.3 is 0 Å². The number of benzene rings is 1. The van der Waals surface area contributed by atoms with Crippen molar-refractivity contribution < 1.29 is 5.11 Å². The highest BCUT2D eigenvalue weighted by molar-refractivity contribution is 5.15. The zero-order chi connectivity index (χ0) is 14.4. The van der Waals surface area contributed by atoms with E-state index in [0.717, 1.165) is 26.1 Å². The van der Waals surface area contributed by atoms with Gasteiger partial charge in [0.25, 0.3) is 0 Å². The molecule has 0 aromatic heterocycles. The summed E-state index contributed by atoms with van der Waals surface area (Å²) in [6.07, 6.45) is 3.06. The molecule has 0 aliphatic carbocycles. The molecule has 2 rings (SSSR count). The van der Waals surface area contributed by atoms with Crippen LogP contribution in [-0.4, -0.2) is 41.3 Å². The largest absolute Gasteiger partial charge is 0.392 e. The van der Waals surface area contributed by atoms with Crippen LogP contribution in [-0.2, 0) is 6.54 Å². The van der Waals surface area contributed by atoms with Gasteiger partial charge in [-0.25, -0.2) is 0 Å². The average molecular weight is 276 g/mol. The van der Waals surface area contributed by atoms with Crippen LogP contribution in [0.5, 0.6) is 0 Å². The van der Waals surface area contributed by atoms with Crippen molar-refractivity contribution in [2.75, 3.05) is 13.1 Å². The molecule has 112 valence electrons. The van der Waals surface area contributed by atoms with Crippen LogP contribution in [0.4, 0.5) is 0 Å². The molecule has 0 saturated carbocycles. The predicted molar refractivity (Wildman–Crippen MR) is 83.6 cm³/mol. The van der Waals surface area contributed by atoms with Crippen LogP contribution in [0.25, 0.3) is 0 Å². The molecule has 0 spiro atoms. The van der Waals surface area contributed by atoms with E-state index in [0.29, 0.717) is 12.1 Å². The molecular formula is C17H28N2O. The Morgan fingerprint density at radius 2 is 1.95 bits per heavy atom. The highest BCUT2D eigenvalue weighted by Crippen LogP contribution is 2.20. The second-order valence-corrected chi connectivity index (χ2v) is 5.88. The van der Waals surface area contributed by atoms with Crippen LogP contribution < -0.4 is 5.32 Å². The van der Waals surface area contributed by atoms with Gasteiger partial charge in [-0.1, -0.05) is 44.2 Å². The third kappa shape index (κ3) is 4.30. The van der Waals surface area contributed by atoms with Crippen LogP contribution in [0.2, 0.25) is 0 Å². The Bertz CT molecular complexity index is 378. The molecule has 1 fully saturated rings.